The van der Waals surface area contributed by atoms with Gasteiger partial charge in [0.15, 0.2) is 0 Å². The van der Waals surface area contributed by atoms with E-state index in [0.29, 0.717) is 0 Å². The fourth-order valence-corrected chi connectivity index (χ4v) is 2.89. The summed E-state index contributed by atoms with van der Waals surface area (Å²) in [7, 11) is 0. The lowest BCUT2D eigenvalue weighted by molar-refractivity contribution is -0.129. The third-order valence-corrected chi connectivity index (χ3v) is 5.19. The smallest absolute Gasteiger partial charge is 0.231 e. The van der Waals surface area contributed by atoms with Gasteiger partial charge in [0, 0.05) is 0 Å². The van der Waals surface area contributed by atoms with Gasteiger partial charge in [0.1, 0.15) is 0 Å². The van der Waals surface area contributed by atoms with E-state index in [9.17, 15) is 4.79 Å². The minimum absolute atomic E-state index is 0.0499. The van der Waals surface area contributed by atoms with Crippen molar-refractivity contribution < 1.29 is 4.79 Å². The lowest BCUT2D eigenvalue weighted by Gasteiger charge is -2.37. The molecule has 0 fully saturated rings. The van der Waals surface area contributed by atoms with Gasteiger partial charge in [-0.1, -0.05) is 75.1 Å². The van der Waals surface area contributed by atoms with Gasteiger partial charge in [-0.3, -0.25) is 4.79 Å². The molecule has 0 aromatic carbocycles. The molecule has 0 spiro atoms. The Kier molecular flexibility index (Phi) is 10.6. The monoisotopic (exact) mass is 355 g/mol. The molecule has 0 aromatic rings. The topological polar surface area (TPSA) is 29.1 Å². The van der Waals surface area contributed by atoms with E-state index in [1.54, 1.807) is 6.08 Å². The lowest BCUT2D eigenvalue weighted by Crippen LogP contribution is -2.52. The molecule has 0 aliphatic rings. The van der Waals surface area contributed by atoms with Crippen LogP contribution in [0.4, 0.5) is 0 Å². The molecule has 0 saturated carbocycles. The van der Waals surface area contributed by atoms with Crippen LogP contribution >= 0.6 is 0 Å². The summed E-state index contributed by atoms with van der Waals surface area (Å²) in [5, 5.41) is 3.31. The van der Waals surface area contributed by atoms with Gasteiger partial charge in [-0.05, 0) is 58.6 Å². The first-order valence-corrected chi connectivity index (χ1v) is 9.54. The molecule has 26 heavy (non-hydrogen) atoms. The van der Waals surface area contributed by atoms with Crippen molar-refractivity contribution in [3.8, 4) is 0 Å². The van der Waals surface area contributed by atoms with Crippen LogP contribution in [0.25, 0.3) is 0 Å². The molecule has 0 aromatic heterocycles. The molecule has 0 aliphatic carbocycles. The Balaban J connectivity index is 5.82. The van der Waals surface area contributed by atoms with Gasteiger partial charge in [0.05, 0.1) is 11.0 Å². The zero-order valence-corrected chi connectivity index (χ0v) is 17.7. The molecule has 2 unspecified atom stereocenters. The van der Waals surface area contributed by atoms with Crippen LogP contribution in [0.3, 0.4) is 0 Å². The van der Waals surface area contributed by atoms with Crippen LogP contribution in [-0.4, -0.2) is 11.4 Å². The molecule has 0 rings (SSSR count). The summed E-state index contributed by atoms with van der Waals surface area (Å²) in [5.41, 5.74) is 1.11. The molecule has 1 N–H and O–H groups in total. The number of carbonyl (C=O) groups is 1. The van der Waals surface area contributed by atoms with Gasteiger partial charge in [-0.25, -0.2) is 0 Å². The molecule has 2 heteroatoms. The molecular weight excluding hydrogens is 318 g/mol. The van der Waals surface area contributed by atoms with Gasteiger partial charge >= 0.3 is 0 Å². The number of hydrogen-bond acceptors (Lipinski definition) is 1. The van der Waals surface area contributed by atoms with Gasteiger partial charge < -0.3 is 5.32 Å². The average molecular weight is 356 g/mol. The van der Waals surface area contributed by atoms with Crippen LogP contribution < -0.4 is 5.32 Å². The Morgan fingerprint density at radius 1 is 0.923 bits per heavy atom. The van der Waals surface area contributed by atoms with E-state index in [1.807, 2.05) is 70.2 Å². The minimum Gasteiger partial charge on any atom is -0.346 e. The highest BCUT2D eigenvalue weighted by molar-refractivity contribution is 5.87. The largest absolute Gasteiger partial charge is 0.346 e. The lowest BCUT2D eigenvalue weighted by atomic mass is 9.76. The summed E-state index contributed by atoms with van der Waals surface area (Å²) in [6, 6.07) is 0. The molecule has 1 amide bonds. The van der Waals surface area contributed by atoms with Crippen molar-refractivity contribution in [2.75, 3.05) is 0 Å². The molecule has 0 bridgehead atoms. The molecule has 0 saturated heterocycles. The summed E-state index contributed by atoms with van der Waals surface area (Å²) < 4.78 is 0. The van der Waals surface area contributed by atoms with Crippen molar-refractivity contribution in [1.82, 2.24) is 5.32 Å². The first-order chi connectivity index (χ1) is 12.3. The number of amides is 1. The first-order valence-electron chi connectivity index (χ1n) is 9.54. The number of hydrogen-bond donors (Lipinski definition) is 1. The van der Waals surface area contributed by atoms with E-state index in [2.05, 4.69) is 38.7 Å². The van der Waals surface area contributed by atoms with E-state index in [4.69, 9.17) is 0 Å². The van der Waals surface area contributed by atoms with Crippen LogP contribution in [0.2, 0.25) is 0 Å². The Labute approximate surface area is 161 Å². The van der Waals surface area contributed by atoms with Gasteiger partial charge in [-0.15, -0.1) is 0 Å². The molecule has 2 nitrogen and oxygen atoms in total. The molecular formula is C24H37NO. The summed E-state index contributed by atoms with van der Waals surface area (Å²) in [6.45, 7) is 17.9. The predicted molar refractivity (Wildman–Crippen MR) is 116 cm³/mol. The summed E-state index contributed by atoms with van der Waals surface area (Å²) in [5.74, 6) is 0.0499. The Morgan fingerprint density at radius 3 is 1.92 bits per heavy atom. The van der Waals surface area contributed by atoms with Crippen molar-refractivity contribution in [2.45, 2.75) is 66.8 Å². The van der Waals surface area contributed by atoms with Crippen LogP contribution in [-0.2, 0) is 4.79 Å². The maximum absolute atomic E-state index is 13.3. The molecule has 0 radical (unpaired) electrons. The SMILES string of the molecule is C=C/C=C\C(=C/C)C(C)(CC)NC(=O)C(C)(CC)C(/C=C\C=C/C)=C/C. The number of allylic oxidation sites excluding steroid dienone is 8. The summed E-state index contributed by atoms with van der Waals surface area (Å²) >= 11 is 0. The van der Waals surface area contributed by atoms with Crippen LogP contribution in [0.1, 0.15) is 61.3 Å². The quantitative estimate of drug-likeness (QED) is 0.448. The van der Waals surface area contributed by atoms with E-state index < -0.39 is 11.0 Å². The summed E-state index contributed by atoms with van der Waals surface area (Å²) in [6.07, 6.45) is 19.3. The van der Waals surface area contributed by atoms with Gasteiger partial charge in [0.25, 0.3) is 0 Å². The van der Waals surface area contributed by atoms with E-state index in [-0.39, 0.29) is 5.91 Å². The third kappa shape index (κ3) is 6.01. The van der Waals surface area contributed by atoms with Crippen molar-refractivity contribution in [1.29, 1.82) is 0 Å². The van der Waals surface area contributed by atoms with E-state index >= 15 is 0 Å². The fraction of sp³-hybridized carbons (Fsp3) is 0.458. The number of nitrogens with one attached hydrogen (secondary N) is 1. The molecule has 144 valence electrons. The Morgan fingerprint density at radius 2 is 1.50 bits per heavy atom. The minimum atomic E-state index is -0.579. The standard InChI is InChI=1S/C24H37NO/c1-9-15-17-19-20(11-3)23(7,13-5)22(26)25-24(8,14-6)21(12-4)18-16-10-2/h9-12,15-19H,2,13-14H2,1,3-8H3,(H,25,26)/b15-9-,18-16-,19-17-,20-11+,21-12+. The van der Waals surface area contributed by atoms with E-state index in [0.717, 1.165) is 24.0 Å². The zero-order valence-electron chi connectivity index (χ0n) is 17.7. The Bertz CT molecular complexity index is 618. The van der Waals surface area contributed by atoms with Crippen molar-refractivity contribution in [2.24, 2.45) is 5.41 Å². The number of rotatable bonds is 10. The highest BCUT2D eigenvalue weighted by Crippen LogP contribution is 2.34. The van der Waals surface area contributed by atoms with E-state index in [1.165, 1.54) is 0 Å². The van der Waals surface area contributed by atoms with Crippen LogP contribution in [0.5, 0.6) is 0 Å². The fourth-order valence-electron chi connectivity index (χ4n) is 2.89. The maximum atomic E-state index is 13.3. The maximum Gasteiger partial charge on any atom is 0.231 e. The van der Waals surface area contributed by atoms with Crippen LogP contribution in [0.15, 0.2) is 72.4 Å². The van der Waals surface area contributed by atoms with Crippen molar-refractivity contribution >= 4 is 5.91 Å². The normalized spacial score (nSPS) is 18.3. The van der Waals surface area contributed by atoms with Gasteiger partial charge in [0.2, 0.25) is 5.91 Å². The second-order valence-corrected chi connectivity index (χ2v) is 6.79. The second kappa shape index (κ2) is 11.5. The first kappa shape index (κ1) is 23.9. The Hall–Kier alpha value is -2.09. The van der Waals surface area contributed by atoms with Gasteiger partial charge in [-0.2, -0.15) is 0 Å². The van der Waals surface area contributed by atoms with Crippen molar-refractivity contribution in [3.05, 3.63) is 72.4 Å². The van der Waals surface area contributed by atoms with Crippen molar-refractivity contribution in [3.63, 3.8) is 0 Å². The number of carbonyl (C=O) groups excluding carboxylic acids is 1. The molecule has 0 heterocycles. The highest BCUT2D eigenvalue weighted by atomic mass is 16.2. The van der Waals surface area contributed by atoms with Crippen LogP contribution in [0, 0.1) is 5.41 Å². The molecule has 2 atom stereocenters. The average Bonchev–Trinajstić information content (AvgIpc) is 2.65. The summed E-state index contributed by atoms with van der Waals surface area (Å²) in [4.78, 5) is 13.3. The zero-order chi connectivity index (χ0) is 20.2. The predicted octanol–water partition coefficient (Wildman–Crippen LogP) is 6.45. The third-order valence-electron chi connectivity index (χ3n) is 5.19. The highest BCUT2D eigenvalue weighted by Gasteiger charge is 2.38. The molecule has 0 aliphatic heterocycles. The second-order valence-electron chi connectivity index (χ2n) is 6.79.